The summed E-state index contributed by atoms with van der Waals surface area (Å²) in [5.74, 6) is 0.840. The summed E-state index contributed by atoms with van der Waals surface area (Å²) in [6.07, 6.45) is 0. The maximum Gasteiger partial charge on any atom is 0.287 e. The van der Waals surface area contributed by atoms with Gasteiger partial charge in [0.25, 0.3) is 10.7 Å². The highest BCUT2D eigenvalue weighted by molar-refractivity contribution is 7.71. The van der Waals surface area contributed by atoms with Gasteiger partial charge in [0.05, 0.1) is 0 Å². The first-order chi connectivity index (χ1) is 12.2. The van der Waals surface area contributed by atoms with Gasteiger partial charge < -0.3 is 14.5 Å². The van der Waals surface area contributed by atoms with E-state index in [2.05, 4.69) is 10.4 Å². The highest BCUT2D eigenvalue weighted by Crippen LogP contribution is 2.11. The summed E-state index contributed by atoms with van der Waals surface area (Å²) in [5.41, 5.74) is 1.02. The third-order valence-corrected chi connectivity index (χ3v) is 3.67. The third-order valence-electron chi connectivity index (χ3n) is 3.38. The molecule has 3 aromatic rings. The maximum absolute atomic E-state index is 12.0. The lowest BCUT2D eigenvalue weighted by molar-refractivity contribution is -0.122. The number of aromatic nitrogens is 2. The van der Waals surface area contributed by atoms with E-state index < -0.39 is 0 Å². The van der Waals surface area contributed by atoms with Crippen molar-refractivity contribution in [3.63, 3.8) is 0 Å². The van der Waals surface area contributed by atoms with Gasteiger partial charge in [0, 0.05) is 6.54 Å². The highest BCUT2D eigenvalue weighted by Gasteiger charge is 2.10. The summed E-state index contributed by atoms with van der Waals surface area (Å²) in [5, 5.41) is 7.00. The van der Waals surface area contributed by atoms with Gasteiger partial charge in [-0.05, 0) is 29.9 Å². The first kappa shape index (κ1) is 16.9. The molecule has 1 N–H and O–H groups in total. The van der Waals surface area contributed by atoms with Crippen molar-refractivity contribution in [2.24, 2.45) is 0 Å². The number of carbonyl (C=O) groups excluding carboxylic acids is 1. The molecule has 7 heteroatoms. The van der Waals surface area contributed by atoms with Crippen LogP contribution in [-0.4, -0.2) is 15.7 Å². The van der Waals surface area contributed by atoms with Crippen molar-refractivity contribution in [1.29, 1.82) is 0 Å². The van der Waals surface area contributed by atoms with E-state index in [9.17, 15) is 4.79 Å². The molecular formula is C18H17N3O3S. The SMILES string of the molecule is O=C(Cn1nc(COc2ccccc2)oc1=S)NCc1ccccc1. The molecule has 1 amide bonds. The van der Waals surface area contributed by atoms with Crippen molar-refractivity contribution in [3.05, 3.63) is 77.0 Å². The van der Waals surface area contributed by atoms with Crippen LogP contribution in [0.4, 0.5) is 0 Å². The van der Waals surface area contributed by atoms with E-state index in [4.69, 9.17) is 21.4 Å². The molecule has 0 saturated heterocycles. The molecule has 3 rings (SSSR count). The van der Waals surface area contributed by atoms with Crippen LogP contribution in [0.3, 0.4) is 0 Å². The van der Waals surface area contributed by atoms with Gasteiger partial charge in [-0.2, -0.15) is 0 Å². The fourth-order valence-electron chi connectivity index (χ4n) is 2.16. The largest absolute Gasteiger partial charge is 0.484 e. The third kappa shape index (κ3) is 5.02. The first-order valence-corrected chi connectivity index (χ1v) is 8.17. The molecule has 0 unspecified atom stereocenters. The number of hydrogen-bond acceptors (Lipinski definition) is 5. The molecule has 1 aromatic heterocycles. The second-order valence-electron chi connectivity index (χ2n) is 5.28. The smallest absolute Gasteiger partial charge is 0.287 e. The topological polar surface area (TPSA) is 69.3 Å². The van der Waals surface area contributed by atoms with Gasteiger partial charge in [-0.3, -0.25) is 4.79 Å². The Kier molecular flexibility index (Phi) is 5.58. The molecule has 6 nitrogen and oxygen atoms in total. The number of carbonyl (C=O) groups is 1. The second kappa shape index (κ2) is 8.25. The Bertz CT molecular complexity index is 875. The molecule has 25 heavy (non-hydrogen) atoms. The molecule has 0 radical (unpaired) electrons. The van der Waals surface area contributed by atoms with Crippen molar-refractivity contribution in [2.75, 3.05) is 0 Å². The molecule has 2 aromatic carbocycles. The Balaban J connectivity index is 1.53. The Hall–Kier alpha value is -2.93. The lowest BCUT2D eigenvalue weighted by Gasteiger charge is -2.04. The molecular weight excluding hydrogens is 338 g/mol. The van der Waals surface area contributed by atoms with E-state index in [1.165, 1.54) is 4.68 Å². The van der Waals surface area contributed by atoms with Crippen molar-refractivity contribution in [3.8, 4) is 5.75 Å². The molecule has 0 atom stereocenters. The summed E-state index contributed by atoms with van der Waals surface area (Å²) >= 11 is 5.10. The van der Waals surface area contributed by atoms with Crippen LogP contribution in [0, 0.1) is 4.84 Å². The molecule has 0 saturated carbocycles. The summed E-state index contributed by atoms with van der Waals surface area (Å²) in [4.78, 5) is 12.2. The van der Waals surface area contributed by atoms with Crippen LogP contribution < -0.4 is 10.1 Å². The maximum atomic E-state index is 12.0. The molecule has 1 heterocycles. The number of nitrogens with one attached hydrogen (secondary N) is 1. The van der Waals surface area contributed by atoms with Crippen LogP contribution in [0.2, 0.25) is 0 Å². The molecule has 0 fully saturated rings. The van der Waals surface area contributed by atoms with Crippen LogP contribution in [-0.2, 0) is 24.5 Å². The number of ether oxygens (including phenoxy) is 1. The van der Waals surface area contributed by atoms with E-state index in [-0.39, 0.29) is 23.9 Å². The summed E-state index contributed by atoms with van der Waals surface area (Å²) in [6, 6.07) is 19.0. The van der Waals surface area contributed by atoms with Gasteiger partial charge in [0.2, 0.25) is 5.91 Å². The van der Waals surface area contributed by atoms with Gasteiger partial charge >= 0.3 is 0 Å². The van der Waals surface area contributed by atoms with Crippen LogP contribution in [0.25, 0.3) is 0 Å². The standard InChI is InChI=1S/C18H17N3O3S/c22-16(19-11-14-7-3-1-4-8-14)12-21-18(25)24-17(20-21)13-23-15-9-5-2-6-10-15/h1-10H,11-13H2,(H,19,22). The van der Waals surface area contributed by atoms with Crippen molar-refractivity contribution in [2.45, 2.75) is 19.7 Å². The average molecular weight is 355 g/mol. The van der Waals surface area contributed by atoms with E-state index in [0.717, 1.165) is 5.56 Å². The number of nitrogens with zero attached hydrogens (tertiary/aromatic N) is 2. The number of para-hydroxylation sites is 1. The van der Waals surface area contributed by atoms with E-state index >= 15 is 0 Å². The molecule has 0 aliphatic heterocycles. The predicted molar refractivity (Wildman–Crippen MR) is 94.4 cm³/mol. The highest BCUT2D eigenvalue weighted by atomic mass is 32.1. The summed E-state index contributed by atoms with van der Waals surface area (Å²) in [6.45, 7) is 0.599. The fraction of sp³-hybridized carbons (Fsp3) is 0.167. The lowest BCUT2D eigenvalue weighted by atomic mass is 10.2. The minimum Gasteiger partial charge on any atom is -0.484 e. The molecule has 128 valence electrons. The van der Waals surface area contributed by atoms with Crippen LogP contribution in [0.5, 0.6) is 5.75 Å². The van der Waals surface area contributed by atoms with E-state index in [1.807, 2.05) is 60.7 Å². The van der Waals surface area contributed by atoms with Crippen molar-refractivity contribution >= 4 is 18.1 Å². The molecule has 0 aliphatic carbocycles. The van der Waals surface area contributed by atoms with E-state index in [1.54, 1.807) is 0 Å². The second-order valence-corrected chi connectivity index (χ2v) is 5.63. The van der Waals surface area contributed by atoms with Crippen LogP contribution >= 0.6 is 12.2 Å². The van der Waals surface area contributed by atoms with Gasteiger partial charge in [0.1, 0.15) is 12.3 Å². The normalized spacial score (nSPS) is 10.4. The average Bonchev–Trinajstić information content (AvgIpc) is 2.99. The predicted octanol–water partition coefficient (Wildman–Crippen LogP) is 3.10. The van der Waals surface area contributed by atoms with E-state index in [0.29, 0.717) is 18.2 Å². The first-order valence-electron chi connectivity index (χ1n) is 7.76. The fourth-order valence-corrected chi connectivity index (χ4v) is 2.36. The van der Waals surface area contributed by atoms with Gasteiger partial charge in [-0.15, -0.1) is 5.10 Å². The zero-order valence-electron chi connectivity index (χ0n) is 13.4. The number of hydrogen-bond donors (Lipinski definition) is 1. The minimum absolute atomic E-state index is 0.000500. The lowest BCUT2D eigenvalue weighted by Crippen LogP contribution is -2.27. The Labute approximate surface area is 150 Å². The zero-order chi connectivity index (χ0) is 17.5. The van der Waals surface area contributed by atoms with Crippen LogP contribution in [0.15, 0.2) is 65.1 Å². The Morgan fingerprint density at radius 1 is 1.12 bits per heavy atom. The Morgan fingerprint density at radius 2 is 1.80 bits per heavy atom. The molecule has 0 bridgehead atoms. The number of rotatable bonds is 7. The molecule has 0 aliphatic rings. The van der Waals surface area contributed by atoms with Gasteiger partial charge in [-0.25, -0.2) is 4.68 Å². The zero-order valence-corrected chi connectivity index (χ0v) is 14.2. The summed E-state index contributed by atoms with van der Waals surface area (Å²) < 4.78 is 12.3. The van der Waals surface area contributed by atoms with Gasteiger partial charge in [-0.1, -0.05) is 48.5 Å². The minimum atomic E-state index is -0.191. The van der Waals surface area contributed by atoms with Crippen LogP contribution in [0.1, 0.15) is 11.5 Å². The van der Waals surface area contributed by atoms with Gasteiger partial charge in [0.15, 0.2) is 6.61 Å². The Morgan fingerprint density at radius 3 is 2.52 bits per heavy atom. The quantitative estimate of drug-likeness (QED) is 0.660. The monoisotopic (exact) mass is 355 g/mol. The van der Waals surface area contributed by atoms with Crippen molar-refractivity contribution < 1.29 is 13.9 Å². The molecule has 0 spiro atoms. The summed E-state index contributed by atoms with van der Waals surface area (Å²) in [7, 11) is 0. The number of benzene rings is 2. The van der Waals surface area contributed by atoms with Crippen molar-refractivity contribution in [1.82, 2.24) is 15.1 Å². The number of amides is 1.